The van der Waals surface area contributed by atoms with E-state index in [1.165, 1.54) is 0 Å². The molecular weight excluding hydrogens is 296 g/mol. The van der Waals surface area contributed by atoms with Crippen LogP contribution in [0.2, 0.25) is 0 Å². The normalized spacial score (nSPS) is 24.1. The van der Waals surface area contributed by atoms with Gasteiger partial charge in [-0.25, -0.2) is 4.98 Å². The minimum atomic E-state index is 0.0389. The second-order valence-corrected chi connectivity index (χ2v) is 5.35. The molecule has 18 heavy (non-hydrogen) atoms. The highest BCUT2D eigenvalue weighted by Gasteiger charge is 2.29. The number of morpholine rings is 1. The number of carbonyl (C=O) groups excluding carboxylic acids is 1. The molecule has 1 fully saturated rings. The first kappa shape index (κ1) is 13.5. The fraction of sp³-hybridized carbons (Fsp3) is 0.538. The van der Waals surface area contributed by atoms with Crippen LogP contribution in [0, 0.1) is 0 Å². The largest absolute Gasteiger partial charge is 0.375 e. The molecule has 2 heterocycles. The number of carbonyl (C=O) groups is 1. The van der Waals surface area contributed by atoms with Crippen molar-refractivity contribution in [1.29, 1.82) is 0 Å². The van der Waals surface area contributed by atoms with Crippen molar-refractivity contribution in [2.24, 2.45) is 0 Å². The number of nitrogens with zero attached hydrogens (tertiary/aromatic N) is 2. The SMILES string of the molecule is CCC1COC(C)CN1C(=O)c1ccc(Br)nc1. The van der Waals surface area contributed by atoms with Crippen LogP contribution < -0.4 is 0 Å². The molecular formula is C13H17BrN2O2. The van der Waals surface area contributed by atoms with Gasteiger partial charge in [-0.05, 0) is 41.4 Å². The molecule has 2 rings (SSSR count). The molecule has 0 saturated carbocycles. The molecule has 5 heteroatoms. The molecule has 0 radical (unpaired) electrons. The molecule has 1 saturated heterocycles. The van der Waals surface area contributed by atoms with Gasteiger partial charge in [0.1, 0.15) is 4.60 Å². The molecule has 0 aromatic carbocycles. The third kappa shape index (κ3) is 2.90. The van der Waals surface area contributed by atoms with Crippen LogP contribution in [0.15, 0.2) is 22.9 Å². The average molecular weight is 313 g/mol. The van der Waals surface area contributed by atoms with E-state index in [9.17, 15) is 4.79 Å². The average Bonchev–Trinajstić information content (AvgIpc) is 2.39. The summed E-state index contributed by atoms with van der Waals surface area (Å²) in [5.74, 6) is 0.0389. The predicted octanol–water partition coefficient (Wildman–Crippen LogP) is 2.48. The molecule has 0 aliphatic carbocycles. The molecule has 1 aliphatic heterocycles. The Balaban J connectivity index is 2.17. The summed E-state index contributed by atoms with van der Waals surface area (Å²) in [6, 6.07) is 3.75. The summed E-state index contributed by atoms with van der Waals surface area (Å²) in [7, 11) is 0. The van der Waals surface area contributed by atoms with Crippen LogP contribution in [0.1, 0.15) is 30.6 Å². The second kappa shape index (κ2) is 5.80. The van der Waals surface area contributed by atoms with Gasteiger partial charge in [-0.2, -0.15) is 0 Å². The van der Waals surface area contributed by atoms with Crippen molar-refractivity contribution >= 4 is 21.8 Å². The Labute approximate surface area is 115 Å². The maximum absolute atomic E-state index is 12.4. The first-order chi connectivity index (χ1) is 8.61. The van der Waals surface area contributed by atoms with Gasteiger partial charge in [0.25, 0.3) is 5.91 Å². The van der Waals surface area contributed by atoms with E-state index < -0.39 is 0 Å². The summed E-state index contributed by atoms with van der Waals surface area (Å²) in [5, 5.41) is 0. The van der Waals surface area contributed by atoms with Crippen LogP contribution in [0.4, 0.5) is 0 Å². The van der Waals surface area contributed by atoms with Gasteiger partial charge < -0.3 is 9.64 Å². The highest BCUT2D eigenvalue weighted by molar-refractivity contribution is 9.10. The van der Waals surface area contributed by atoms with E-state index in [4.69, 9.17) is 4.74 Å². The van der Waals surface area contributed by atoms with E-state index in [0.717, 1.165) is 11.0 Å². The van der Waals surface area contributed by atoms with Gasteiger partial charge in [0.05, 0.1) is 24.3 Å². The van der Waals surface area contributed by atoms with Crippen LogP contribution >= 0.6 is 15.9 Å². The molecule has 0 N–H and O–H groups in total. The lowest BCUT2D eigenvalue weighted by atomic mass is 10.1. The lowest BCUT2D eigenvalue weighted by Gasteiger charge is -2.38. The summed E-state index contributed by atoms with van der Waals surface area (Å²) in [6.07, 6.45) is 2.61. The summed E-state index contributed by atoms with van der Waals surface area (Å²) in [5.41, 5.74) is 0.630. The number of aromatic nitrogens is 1. The molecule has 4 nitrogen and oxygen atoms in total. The highest BCUT2D eigenvalue weighted by Crippen LogP contribution is 2.18. The maximum atomic E-state index is 12.4. The van der Waals surface area contributed by atoms with Gasteiger partial charge in [0.15, 0.2) is 0 Å². The number of ether oxygens (including phenoxy) is 1. The van der Waals surface area contributed by atoms with E-state index in [1.807, 2.05) is 11.8 Å². The number of hydrogen-bond donors (Lipinski definition) is 0. The van der Waals surface area contributed by atoms with Crippen molar-refractivity contribution in [1.82, 2.24) is 9.88 Å². The second-order valence-electron chi connectivity index (χ2n) is 4.53. The quantitative estimate of drug-likeness (QED) is 0.788. The van der Waals surface area contributed by atoms with E-state index in [2.05, 4.69) is 27.8 Å². The molecule has 2 unspecified atom stereocenters. The van der Waals surface area contributed by atoms with E-state index in [-0.39, 0.29) is 18.1 Å². The summed E-state index contributed by atoms with van der Waals surface area (Å²) >= 11 is 3.27. The van der Waals surface area contributed by atoms with Crippen molar-refractivity contribution in [3.8, 4) is 0 Å². The molecule has 98 valence electrons. The Kier molecular flexibility index (Phi) is 4.35. The van der Waals surface area contributed by atoms with E-state index >= 15 is 0 Å². The zero-order chi connectivity index (χ0) is 13.1. The zero-order valence-electron chi connectivity index (χ0n) is 10.6. The summed E-state index contributed by atoms with van der Waals surface area (Å²) in [4.78, 5) is 18.4. The monoisotopic (exact) mass is 312 g/mol. The third-order valence-corrected chi connectivity index (χ3v) is 3.64. The maximum Gasteiger partial charge on any atom is 0.255 e. The van der Waals surface area contributed by atoms with E-state index in [1.54, 1.807) is 18.3 Å². The Morgan fingerprint density at radius 3 is 3.00 bits per heavy atom. The molecule has 0 bridgehead atoms. The Morgan fingerprint density at radius 2 is 2.39 bits per heavy atom. The van der Waals surface area contributed by atoms with Gasteiger partial charge in [-0.1, -0.05) is 6.92 Å². The van der Waals surface area contributed by atoms with Gasteiger partial charge in [-0.15, -0.1) is 0 Å². The lowest BCUT2D eigenvalue weighted by molar-refractivity contribution is -0.0444. The Hall–Kier alpha value is -0.940. The summed E-state index contributed by atoms with van der Waals surface area (Å²) in [6.45, 7) is 5.33. The number of halogens is 1. The molecule has 0 spiro atoms. The minimum absolute atomic E-state index is 0.0389. The van der Waals surface area contributed by atoms with Crippen molar-refractivity contribution < 1.29 is 9.53 Å². The molecule has 1 amide bonds. The predicted molar refractivity (Wildman–Crippen MR) is 72.5 cm³/mol. The number of hydrogen-bond acceptors (Lipinski definition) is 3. The van der Waals surface area contributed by atoms with Crippen LogP contribution in [0.25, 0.3) is 0 Å². The van der Waals surface area contributed by atoms with Gasteiger partial charge >= 0.3 is 0 Å². The fourth-order valence-corrected chi connectivity index (χ4v) is 2.33. The van der Waals surface area contributed by atoms with Gasteiger partial charge in [0.2, 0.25) is 0 Å². The smallest absolute Gasteiger partial charge is 0.255 e. The third-order valence-electron chi connectivity index (χ3n) is 3.17. The number of pyridine rings is 1. The number of rotatable bonds is 2. The fourth-order valence-electron chi connectivity index (χ4n) is 2.10. The first-order valence-electron chi connectivity index (χ1n) is 6.16. The lowest BCUT2D eigenvalue weighted by Crippen LogP contribution is -2.51. The zero-order valence-corrected chi connectivity index (χ0v) is 12.2. The van der Waals surface area contributed by atoms with Crippen molar-refractivity contribution in [2.75, 3.05) is 13.2 Å². The van der Waals surface area contributed by atoms with Gasteiger partial charge in [0, 0.05) is 12.7 Å². The van der Waals surface area contributed by atoms with Crippen LogP contribution in [-0.2, 0) is 4.74 Å². The van der Waals surface area contributed by atoms with Crippen molar-refractivity contribution in [2.45, 2.75) is 32.4 Å². The number of amides is 1. The molecule has 1 aromatic rings. The minimum Gasteiger partial charge on any atom is -0.375 e. The highest BCUT2D eigenvalue weighted by atomic mass is 79.9. The topological polar surface area (TPSA) is 42.4 Å². The summed E-state index contributed by atoms with van der Waals surface area (Å²) < 4.78 is 6.34. The molecule has 1 aromatic heterocycles. The molecule has 1 aliphatic rings. The first-order valence-corrected chi connectivity index (χ1v) is 6.95. The van der Waals surface area contributed by atoms with Crippen molar-refractivity contribution in [3.63, 3.8) is 0 Å². The Morgan fingerprint density at radius 1 is 1.61 bits per heavy atom. The standard InChI is InChI=1S/C13H17BrN2O2/c1-3-11-8-18-9(2)7-16(11)13(17)10-4-5-12(14)15-6-10/h4-6,9,11H,3,7-8H2,1-2H3. The molecule has 2 atom stereocenters. The van der Waals surface area contributed by atoms with Crippen LogP contribution in [-0.4, -0.2) is 41.1 Å². The Bertz CT molecular complexity index is 422. The van der Waals surface area contributed by atoms with E-state index in [0.29, 0.717) is 18.7 Å². The van der Waals surface area contributed by atoms with Gasteiger partial charge in [-0.3, -0.25) is 4.79 Å². The van der Waals surface area contributed by atoms with Crippen LogP contribution in [0.5, 0.6) is 0 Å². The van der Waals surface area contributed by atoms with Crippen LogP contribution in [0.3, 0.4) is 0 Å². The van der Waals surface area contributed by atoms with Crippen molar-refractivity contribution in [3.05, 3.63) is 28.5 Å².